The third-order valence-corrected chi connectivity index (χ3v) is 5.63. The second-order valence-electron chi connectivity index (χ2n) is 7.72. The van der Waals surface area contributed by atoms with Crippen molar-refractivity contribution < 1.29 is 19.2 Å². The van der Waals surface area contributed by atoms with Crippen LogP contribution in [0.2, 0.25) is 0 Å². The number of nitro groups is 1. The van der Waals surface area contributed by atoms with Crippen LogP contribution in [-0.2, 0) is 5.54 Å². The maximum Gasteiger partial charge on any atom is 0.348 e. The van der Waals surface area contributed by atoms with Gasteiger partial charge in [0, 0.05) is 6.07 Å². The summed E-state index contributed by atoms with van der Waals surface area (Å²) in [5.41, 5.74) is 0.340. The van der Waals surface area contributed by atoms with Crippen molar-refractivity contribution in [3.05, 3.63) is 69.9 Å². The number of aryl methyl sites for hydroxylation is 1. The number of nitrogens with zero attached hydrogens (tertiary/aromatic N) is 3. The Hall–Kier alpha value is -3.33. The largest absolute Gasteiger partial charge is 0.496 e. The number of carbonyl (C=O) groups excluding carboxylic acids is 1. The SMILES string of the molecule is COc1ccccc1C(=O)Oc1c(Sc2ccccc2[N+](=O)[O-])c(C)nn1C(C)(C)C. The molecule has 0 aliphatic carbocycles. The van der Waals surface area contributed by atoms with E-state index in [9.17, 15) is 14.9 Å². The number of ether oxygens (including phenoxy) is 2. The van der Waals surface area contributed by atoms with Gasteiger partial charge in [-0.2, -0.15) is 5.10 Å². The minimum Gasteiger partial charge on any atom is -0.496 e. The van der Waals surface area contributed by atoms with Crippen LogP contribution in [0, 0.1) is 17.0 Å². The molecule has 9 heteroatoms. The van der Waals surface area contributed by atoms with E-state index in [1.807, 2.05) is 20.8 Å². The average molecular weight is 442 g/mol. The molecule has 3 rings (SSSR count). The summed E-state index contributed by atoms with van der Waals surface area (Å²) in [5.74, 6) is 0.00950. The van der Waals surface area contributed by atoms with Crippen molar-refractivity contribution in [3.63, 3.8) is 0 Å². The average Bonchev–Trinajstić information content (AvgIpc) is 3.04. The number of aromatic nitrogens is 2. The van der Waals surface area contributed by atoms with E-state index in [0.717, 1.165) is 11.8 Å². The predicted molar refractivity (Wildman–Crippen MR) is 117 cm³/mol. The molecular formula is C22H23N3O5S. The first-order valence-electron chi connectivity index (χ1n) is 9.50. The van der Waals surface area contributed by atoms with E-state index < -0.39 is 16.4 Å². The van der Waals surface area contributed by atoms with Gasteiger partial charge in [0.1, 0.15) is 11.3 Å². The Morgan fingerprint density at radius 3 is 2.42 bits per heavy atom. The van der Waals surface area contributed by atoms with Gasteiger partial charge in [-0.3, -0.25) is 10.1 Å². The molecule has 0 spiro atoms. The Morgan fingerprint density at radius 1 is 1.13 bits per heavy atom. The molecule has 1 aromatic heterocycles. The normalized spacial score (nSPS) is 11.3. The standard InChI is InChI=1S/C22H23N3O5S/c1-14-19(31-18-13-9-7-11-16(18)25(27)28)20(24(23-14)22(2,3)4)30-21(26)15-10-6-8-12-17(15)29-5/h6-13H,1-5H3. The molecule has 0 atom stereocenters. The van der Waals surface area contributed by atoms with Gasteiger partial charge in [0.25, 0.3) is 5.69 Å². The van der Waals surface area contributed by atoms with E-state index in [1.165, 1.54) is 13.2 Å². The maximum absolute atomic E-state index is 13.0. The topological polar surface area (TPSA) is 96.5 Å². The number of methoxy groups -OCH3 is 1. The minimum atomic E-state index is -0.604. The lowest BCUT2D eigenvalue weighted by Crippen LogP contribution is -2.25. The van der Waals surface area contributed by atoms with Crippen molar-refractivity contribution in [2.24, 2.45) is 0 Å². The van der Waals surface area contributed by atoms with Crippen LogP contribution in [0.5, 0.6) is 11.6 Å². The highest BCUT2D eigenvalue weighted by molar-refractivity contribution is 7.99. The summed E-state index contributed by atoms with van der Waals surface area (Å²) in [7, 11) is 1.48. The zero-order valence-electron chi connectivity index (χ0n) is 17.9. The molecule has 8 nitrogen and oxygen atoms in total. The number of esters is 1. The second-order valence-corrected chi connectivity index (χ2v) is 8.77. The molecule has 3 aromatic rings. The molecule has 0 aliphatic rings. The highest BCUT2D eigenvalue weighted by Gasteiger charge is 2.29. The van der Waals surface area contributed by atoms with Gasteiger partial charge in [-0.1, -0.05) is 36.0 Å². The van der Waals surface area contributed by atoms with E-state index in [0.29, 0.717) is 21.2 Å². The van der Waals surface area contributed by atoms with Crippen LogP contribution < -0.4 is 9.47 Å². The van der Waals surface area contributed by atoms with Crippen LogP contribution in [0.15, 0.2) is 58.3 Å². The molecule has 31 heavy (non-hydrogen) atoms. The van der Waals surface area contributed by atoms with Crippen LogP contribution in [0.25, 0.3) is 0 Å². The van der Waals surface area contributed by atoms with Crippen molar-refractivity contribution in [2.75, 3.05) is 7.11 Å². The van der Waals surface area contributed by atoms with Gasteiger partial charge in [-0.25, -0.2) is 9.48 Å². The van der Waals surface area contributed by atoms with Crippen LogP contribution in [-0.4, -0.2) is 27.8 Å². The molecule has 0 aliphatic heterocycles. The summed E-state index contributed by atoms with van der Waals surface area (Å²) in [5, 5.41) is 16.0. The lowest BCUT2D eigenvalue weighted by Gasteiger charge is -2.22. The molecule has 0 unspecified atom stereocenters. The van der Waals surface area contributed by atoms with E-state index >= 15 is 0 Å². The molecule has 0 saturated heterocycles. The van der Waals surface area contributed by atoms with Crippen molar-refractivity contribution >= 4 is 23.4 Å². The molecule has 0 fully saturated rings. The molecule has 0 bridgehead atoms. The summed E-state index contributed by atoms with van der Waals surface area (Å²) in [6, 6.07) is 13.2. The van der Waals surface area contributed by atoms with Crippen LogP contribution >= 0.6 is 11.8 Å². The van der Waals surface area contributed by atoms with Gasteiger partial charge < -0.3 is 9.47 Å². The molecule has 0 saturated carbocycles. The highest BCUT2D eigenvalue weighted by Crippen LogP contribution is 2.43. The smallest absolute Gasteiger partial charge is 0.348 e. The number of nitro benzene ring substituents is 1. The lowest BCUT2D eigenvalue weighted by atomic mass is 10.1. The Kier molecular flexibility index (Phi) is 6.35. The number of hydrogen-bond donors (Lipinski definition) is 0. The molecular weight excluding hydrogens is 418 g/mol. The predicted octanol–water partition coefficient (Wildman–Crippen LogP) is 5.23. The zero-order chi connectivity index (χ0) is 22.8. The zero-order valence-corrected chi connectivity index (χ0v) is 18.7. The maximum atomic E-state index is 13.0. The van der Waals surface area contributed by atoms with E-state index in [1.54, 1.807) is 54.1 Å². The lowest BCUT2D eigenvalue weighted by molar-refractivity contribution is -0.387. The first-order valence-corrected chi connectivity index (χ1v) is 10.3. The number of hydrogen-bond acceptors (Lipinski definition) is 7. The fourth-order valence-corrected chi connectivity index (χ4v) is 3.93. The Balaban J connectivity index is 2.09. The first-order chi connectivity index (χ1) is 14.6. The van der Waals surface area contributed by atoms with Crippen LogP contribution in [0.4, 0.5) is 5.69 Å². The third-order valence-electron chi connectivity index (χ3n) is 4.39. The summed E-state index contributed by atoms with van der Waals surface area (Å²) in [6.45, 7) is 7.57. The molecule has 0 radical (unpaired) electrons. The van der Waals surface area contributed by atoms with Gasteiger partial charge in [-0.15, -0.1) is 0 Å². The summed E-state index contributed by atoms with van der Waals surface area (Å²) in [6.07, 6.45) is 0. The number of carbonyl (C=O) groups is 1. The summed E-state index contributed by atoms with van der Waals surface area (Å²) >= 11 is 1.15. The summed E-state index contributed by atoms with van der Waals surface area (Å²) < 4.78 is 12.7. The monoisotopic (exact) mass is 441 g/mol. The highest BCUT2D eigenvalue weighted by atomic mass is 32.2. The van der Waals surface area contributed by atoms with Crippen LogP contribution in [0.3, 0.4) is 0 Å². The van der Waals surface area contributed by atoms with Gasteiger partial charge in [0.05, 0.1) is 33.1 Å². The number of benzene rings is 2. The van der Waals surface area contributed by atoms with Gasteiger partial charge >= 0.3 is 5.97 Å². The van der Waals surface area contributed by atoms with Gasteiger partial charge in [0.15, 0.2) is 0 Å². The first kappa shape index (κ1) is 22.4. The quantitative estimate of drug-likeness (QED) is 0.293. The fourth-order valence-electron chi connectivity index (χ4n) is 2.91. The van der Waals surface area contributed by atoms with Crippen molar-refractivity contribution in [2.45, 2.75) is 43.0 Å². The van der Waals surface area contributed by atoms with Gasteiger partial charge in [0.2, 0.25) is 5.88 Å². The Labute approximate surface area is 184 Å². The Bertz CT molecular complexity index is 1130. The molecule has 1 heterocycles. The van der Waals surface area contributed by atoms with Crippen molar-refractivity contribution in [1.29, 1.82) is 0 Å². The van der Waals surface area contributed by atoms with E-state index in [2.05, 4.69) is 5.10 Å². The fraction of sp³-hybridized carbons (Fsp3) is 0.273. The van der Waals surface area contributed by atoms with Crippen molar-refractivity contribution in [1.82, 2.24) is 9.78 Å². The number of para-hydroxylation sites is 2. The minimum absolute atomic E-state index is 0.0302. The Morgan fingerprint density at radius 2 is 1.77 bits per heavy atom. The number of rotatable bonds is 6. The summed E-state index contributed by atoms with van der Waals surface area (Å²) in [4.78, 5) is 25.0. The molecule has 0 N–H and O–H groups in total. The van der Waals surface area contributed by atoms with Crippen molar-refractivity contribution in [3.8, 4) is 11.6 Å². The second kappa shape index (κ2) is 8.81. The van der Waals surface area contributed by atoms with Gasteiger partial charge in [-0.05, 0) is 45.9 Å². The van der Waals surface area contributed by atoms with Crippen LogP contribution in [0.1, 0.15) is 36.8 Å². The third kappa shape index (κ3) is 4.72. The molecule has 162 valence electrons. The molecule has 0 amide bonds. The molecule has 2 aromatic carbocycles. The van der Waals surface area contributed by atoms with E-state index in [-0.39, 0.29) is 17.1 Å². The van der Waals surface area contributed by atoms with E-state index in [4.69, 9.17) is 9.47 Å².